The van der Waals surface area contributed by atoms with Gasteiger partial charge in [-0.1, -0.05) is 0 Å². The van der Waals surface area contributed by atoms with Gasteiger partial charge in [-0.25, -0.2) is 9.97 Å². The summed E-state index contributed by atoms with van der Waals surface area (Å²) in [5, 5.41) is 71.1. The van der Waals surface area contributed by atoms with E-state index in [1.54, 1.807) is 0 Å². The van der Waals surface area contributed by atoms with Gasteiger partial charge in [-0.3, -0.25) is 28.3 Å². The molecule has 6 N–H and O–H groups in total. The van der Waals surface area contributed by atoms with Crippen LogP contribution in [0.3, 0.4) is 0 Å². The van der Waals surface area contributed by atoms with E-state index in [1.165, 1.54) is 31.4 Å². The van der Waals surface area contributed by atoms with E-state index in [4.69, 9.17) is 32.7 Å². The second-order valence-electron chi connectivity index (χ2n) is 16.8. The van der Waals surface area contributed by atoms with Gasteiger partial charge in [0.2, 0.25) is 22.2 Å². The highest BCUT2D eigenvalue weighted by Crippen LogP contribution is 2.52. The third-order valence-corrected chi connectivity index (χ3v) is 12.9. The highest BCUT2D eigenvalue weighted by molar-refractivity contribution is 6.29. The van der Waals surface area contributed by atoms with E-state index in [0.717, 1.165) is 0 Å². The van der Waals surface area contributed by atoms with E-state index in [0.29, 0.717) is 61.4 Å². The molecule has 360 valence electrons. The fourth-order valence-electron chi connectivity index (χ4n) is 9.58. The van der Waals surface area contributed by atoms with Crippen LogP contribution in [0.1, 0.15) is 102 Å². The largest absolute Gasteiger partial charge is 0.481 e. The van der Waals surface area contributed by atoms with E-state index < -0.39 is 97.9 Å². The maximum atomic E-state index is 12.2. The number of ether oxygens (including phenoxy) is 2. The van der Waals surface area contributed by atoms with Crippen molar-refractivity contribution in [2.75, 3.05) is 10.6 Å². The Bertz CT molecular complexity index is 2670. The lowest BCUT2D eigenvalue weighted by Gasteiger charge is -2.30. The van der Waals surface area contributed by atoms with Crippen molar-refractivity contribution in [3.8, 4) is 0 Å². The molecule has 2 saturated heterocycles. The third kappa shape index (κ3) is 9.26. The summed E-state index contributed by atoms with van der Waals surface area (Å²) in [5.74, 6) is -7.11. The van der Waals surface area contributed by atoms with Crippen molar-refractivity contribution in [2.45, 2.75) is 115 Å². The lowest BCUT2D eigenvalue weighted by Crippen LogP contribution is -2.33. The highest BCUT2D eigenvalue weighted by atomic mass is 35.5. The number of carboxylic acid groups (broad SMARTS) is 4. The summed E-state index contributed by atoms with van der Waals surface area (Å²) in [4.78, 5) is 78.1. The van der Waals surface area contributed by atoms with Crippen LogP contribution in [0.25, 0.3) is 22.3 Å². The number of nitrogens with zero attached hydrogens (tertiary/aromatic N) is 16. The van der Waals surface area contributed by atoms with Crippen molar-refractivity contribution >= 4 is 81.0 Å². The monoisotopic (exact) mass is 982 g/mol. The molecule has 68 heavy (non-hydrogen) atoms. The molecule has 9 rings (SSSR count). The Labute approximate surface area is 392 Å². The predicted octanol–water partition coefficient (Wildman–Crippen LogP) is 3.02. The number of halogens is 2. The molecule has 0 amide bonds. The zero-order valence-corrected chi connectivity index (χ0v) is 37.7. The van der Waals surface area contributed by atoms with E-state index in [-0.39, 0.29) is 45.6 Å². The molecule has 0 spiro atoms. The molecule has 3 aliphatic rings. The van der Waals surface area contributed by atoms with Crippen molar-refractivity contribution in [3.63, 3.8) is 0 Å². The topological polar surface area (TPSA) is 366 Å². The summed E-state index contributed by atoms with van der Waals surface area (Å²) >= 11 is 13.0. The predicted molar refractivity (Wildman–Crippen MR) is 230 cm³/mol. The molecule has 0 unspecified atom stereocenters. The zero-order valence-electron chi connectivity index (χ0n) is 36.1. The highest BCUT2D eigenvalue weighted by Gasteiger charge is 2.51. The Kier molecular flexibility index (Phi) is 13.0. The molecular weight excluding hydrogens is 939 g/mol. The Morgan fingerprint density at radius 2 is 0.971 bits per heavy atom. The number of hydrogen-bond acceptors (Lipinski definition) is 20. The molecule has 0 aromatic carbocycles. The van der Waals surface area contributed by atoms with Crippen LogP contribution in [-0.4, -0.2) is 136 Å². The SMILES string of the molecule is CCn1nnc([C@@H]2O[C@@H](n3cnc4c(N[C@H]5CC[C@H](Nc6nc(Cl)nc7c6ncn7[C@@H]6O[C@@H](c7nnn(CC)n7)[C@H](CC(=O)O)[C@H]6CC(=O)O)CC5)nc(Cl)nc43)[C@H](CC(=O)O)[C@H]2CC(=O)O)n1. The Morgan fingerprint density at radius 3 is 1.31 bits per heavy atom. The van der Waals surface area contributed by atoms with E-state index in [9.17, 15) is 39.6 Å². The van der Waals surface area contributed by atoms with E-state index in [2.05, 4.69) is 71.4 Å². The van der Waals surface area contributed by atoms with Crippen molar-refractivity contribution in [1.82, 2.24) is 79.5 Å². The molecule has 2 aliphatic heterocycles. The number of hydrogen-bond donors (Lipinski definition) is 6. The standard InChI is InChI=1S/C38H44Cl2N18O10/c1-3-57-51-31(49-53-57)27-17(9-21(59)60)19(11-23(63)64)35(67-27)55-13-41-25-29(45-37(39)47-33(25)55)43-15-5-7-16(8-6-15)44-30-26-34(48-38(40)46-30)56(14-42-26)36-20(12-24(65)66)18(10-22(61)62)28(68-36)32-50-54-58(4-2)52-32/h13-20,27-28,35-36H,3-12H2,1-2H3,(H,59,60)(H,61,62)(H,63,64)(H,65,66)(H,43,45,47)(H,44,46,48)/t15-,16-,17-,18-,19-,20-,27-,28-,35-,36-/m1/s1. The van der Waals surface area contributed by atoms with Gasteiger partial charge in [-0.05, 0) is 73.2 Å². The Morgan fingerprint density at radius 1 is 0.603 bits per heavy atom. The number of imidazole rings is 2. The summed E-state index contributed by atoms with van der Waals surface area (Å²) in [6.45, 7) is 4.41. The lowest BCUT2D eigenvalue weighted by atomic mass is 9.84. The number of nitrogens with one attached hydrogen (secondary N) is 2. The summed E-state index contributed by atoms with van der Waals surface area (Å²) in [5.41, 5.74) is 1.13. The van der Waals surface area contributed by atoms with E-state index in [1.807, 2.05) is 13.8 Å². The van der Waals surface area contributed by atoms with Crippen LogP contribution in [0.2, 0.25) is 10.6 Å². The molecule has 6 aromatic rings. The summed E-state index contributed by atoms with van der Waals surface area (Å²) < 4.78 is 15.9. The van der Waals surface area contributed by atoms with Crippen LogP contribution in [-0.2, 0) is 41.7 Å². The number of aryl methyl sites for hydroxylation is 2. The maximum absolute atomic E-state index is 12.2. The molecule has 0 radical (unpaired) electrons. The van der Waals surface area contributed by atoms with Crippen molar-refractivity contribution in [2.24, 2.45) is 23.7 Å². The molecule has 1 saturated carbocycles. The van der Waals surface area contributed by atoms with Crippen LogP contribution in [0.5, 0.6) is 0 Å². The molecule has 3 fully saturated rings. The molecule has 28 nitrogen and oxygen atoms in total. The van der Waals surface area contributed by atoms with Crippen molar-refractivity contribution < 1.29 is 49.1 Å². The van der Waals surface area contributed by atoms with Gasteiger partial charge in [-0.2, -0.15) is 29.5 Å². The van der Waals surface area contributed by atoms with Crippen LogP contribution >= 0.6 is 23.2 Å². The summed E-state index contributed by atoms with van der Waals surface area (Å²) in [7, 11) is 0. The Balaban J connectivity index is 0.921. The van der Waals surface area contributed by atoms with Crippen LogP contribution in [0, 0.1) is 23.7 Å². The quantitative estimate of drug-likeness (QED) is 0.0674. The molecule has 30 heteroatoms. The number of anilines is 2. The fraction of sp³-hybridized carbons (Fsp3) is 0.579. The van der Waals surface area contributed by atoms with Crippen LogP contribution < -0.4 is 10.6 Å². The summed E-state index contributed by atoms with van der Waals surface area (Å²) in [6.07, 6.45) is -0.348. The number of fused-ring (bicyclic) bond motifs is 2. The van der Waals surface area contributed by atoms with Gasteiger partial charge < -0.3 is 40.5 Å². The van der Waals surface area contributed by atoms with Gasteiger partial charge in [0.25, 0.3) is 0 Å². The van der Waals surface area contributed by atoms with E-state index >= 15 is 0 Å². The number of carboxylic acids is 4. The minimum Gasteiger partial charge on any atom is -0.481 e. The first-order valence-corrected chi connectivity index (χ1v) is 22.5. The lowest BCUT2D eigenvalue weighted by molar-refractivity contribution is -0.142. The molecule has 6 aromatic heterocycles. The van der Waals surface area contributed by atoms with Gasteiger partial charge >= 0.3 is 23.9 Å². The number of aliphatic carboxylic acids is 4. The van der Waals surface area contributed by atoms with Gasteiger partial charge in [0.1, 0.15) is 24.7 Å². The number of rotatable bonds is 18. The molecule has 0 bridgehead atoms. The first-order valence-electron chi connectivity index (χ1n) is 21.7. The Hall–Kier alpha value is -6.78. The average Bonchev–Trinajstić information content (AvgIpc) is 4.15. The number of carbonyl (C=O) groups is 4. The second-order valence-corrected chi connectivity index (χ2v) is 17.5. The smallest absolute Gasteiger partial charge is 0.303 e. The zero-order chi connectivity index (χ0) is 48.0. The molecule has 1 aliphatic carbocycles. The minimum absolute atomic E-state index is 0.106. The molecule has 8 atom stereocenters. The summed E-state index contributed by atoms with van der Waals surface area (Å²) in [6, 6.07) is -0.212. The maximum Gasteiger partial charge on any atom is 0.303 e. The van der Waals surface area contributed by atoms with Crippen molar-refractivity contribution in [1.29, 1.82) is 0 Å². The normalized spacial score (nSPS) is 26.1. The minimum atomic E-state index is -1.16. The third-order valence-electron chi connectivity index (χ3n) is 12.6. The number of aromatic nitrogens is 16. The van der Waals surface area contributed by atoms with Gasteiger partial charge in [-0.15, -0.1) is 20.4 Å². The first kappa shape index (κ1) is 46.3. The molecular formula is C38H44Cl2N18O10. The first-order chi connectivity index (χ1) is 32.7. The van der Waals surface area contributed by atoms with Gasteiger partial charge in [0.15, 0.2) is 34.0 Å². The fourth-order valence-corrected chi connectivity index (χ4v) is 9.91. The van der Waals surface area contributed by atoms with Crippen LogP contribution in [0.4, 0.5) is 11.6 Å². The average molecular weight is 984 g/mol. The van der Waals surface area contributed by atoms with Gasteiger partial charge in [0, 0.05) is 35.8 Å². The van der Waals surface area contributed by atoms with Crippen LogP contribution in [0.15, 0.2) is 12.7 Å². The molecule has 8 heterocycles. The van der Waals surface area contributed by atoms with Gasteiger partial charge in [0.05, 0.1) is 51.4 Å². The second kappa shape index (κ2) is 19.1. The number of tetrazole rings is 2. The van der Waals surface area contributed by atoms with Crippen molar-refractivity contribution in [3.05, 3.63) is 34.9 Å².